The van der Waals surface area contributed by atoms with Crippen LogP contribution >= 0.6 is 11.8 Å². The van der Waals surface area contributed by atoms with E-state index >= 15 is 0 Å². The summed E-state index contributed by atoms with van der Waals surface area (Å²) in [7, 11) is 4.36. The van der Waals surface area contributed by atoms with Crippen molar-refractivity contribution in [2.45, 2.75) is 85.5 Å². The van der Waals surface area contributed by atoms with Crippen LogP contribution in [0, 0.1) is 0 Å². The third-order valence-corrected chi connectivity index (χ3v) is 6.52. The van der Waals surface area contributed by atoms with Crippen molar-refractivity contribution in [2.75, 3.05) is 72.6 Å². The number of likely N-dealkylation sites (tertiary alicyclic amines) is 1. The summed E-state index contributed by atoms with van der Waals surface area (Å²) in [5.41, 5.74) is 0. The van der Waals surface area contributed by atoms with E-state index in [-0.39, 0.29) is 5.91 Å². The number of sulfonamides is 1. The van der Waals surface area contributed by atoms with Crippen molar-refractivity contribution in [1.29, 1.82) is 0 Å². The van der Waals surface area contributed by atoms with Gasteiger partial charge in [0.05, 0.1) is 6.26 Å². The third kappa shape index (κ3) is 53.2. The number of nitrogens with one attached hydrogen (secondary N) is 2. The molecule has 0 aromatic heterocycles. The fourth-order valence-electron chi connectivity index (χ4n) is 2.30. The predicted octanol–water partition coefficient (Wildman–Crippen LogP) is 4.69. The maximum Gasteiger partial charge on any atom is 0.216 e. The second-order valence-corrected chi connectivity index (χ2v) is 11.3. The second-order valence-electron chi connectivity index (χ2n) is 8.40. The van der Waals surface area contributed by atoms with Crippen molar-refractivity contribution in [3.05, 3.63) is 0 Å². The average molecular weight is 529 g/mol. The molecular formula is C25H60N4O3S2. The van der Waals surface area contributed by atoms with Crippen molar-refractivity contribution >= 4 is 27.7 Å². The van der Waals surface area contributed by atoms with Crippen LogP contribution in [0.25, 0.3) is 0 Å². The molecule has 1 rings (SSSR count). The molecule has 0 aromatic carbocycles. The van der Waals surface area contributed by atoms with E-state index in [0.29, 0.717) is 0 Å². The maximum atomic E-state index is 9.89. The molecule has 0 radical (unpaired) electrons. The summed E-state index contributed by atoms with van der Waals surface area (Å²) < 4.78 is 21.9. The van der Waals surface area contributed by atoms with Gasteiger partial charge in [-0.05, 0) is 78.6 Å². The summed E-state index contributed by atoms with van der Waals surface area (Å²) in [5.74, 6) is 1.36. The normalized spacial score (nSPS) is 13.0. The summed E-state index contributed by atoms with van der Waals surface area (Å²) in [6, 6.07) is 0. The fourth-order valence-corrected chi connectivity index (χ4v) is 2.80. The number of piperidine rings is 1. The molecule has 0 aromatic rings. The van der Waals surface area contributed by atoms with Crippen molar-refractivity contribution in [3.63, 3.8) is 0 Å². The number of rotatable bonds is 10. The van der Waals surface area contributed by atoms with Gasteiger partial charge in [-0.2, -0.15) is 11.8 Å². The molecule has 1 saturated heterocycles. The second kappa shape index (κ2) is 32.7. The highest BCUT2D eigenvalue weighted by atomic mass is 32.2. The van der Waals surface area contributed by atoms with Crippen LogP contribution in [0.2, 0.25) is 0 Å². The summed E-state index contributed by atoms with van der Waals surface area (Å²) in [5, 5.41) is 2.39. The molecule has 2 N–H and O–H groups in total. The van der Waals surface area contributed by atoms with Gasteiger partial charge in [0.15, 0.2) is 0 Å². The number of nitrogens with zero attached hydrogens (tertiary/aromatic N) is 2. The summed E-state index contributed by atoms with van der Waals surface area (Å²) in [6.07, 6.45) is 16.1. The largest absolute Gasteiger partial charge is 0.359 e. The van der Waals surface area contributed by atoms with Crippen LogP contribution in [-0.4, -0.2) is 96.8 Å². The van der Waals surface area contributed by atoms with Crippen LogP contribution in [0.1, 0.15) is 85.5 Å². The molecule has 0 bridgehead atoms. The number of carbonyl (C=O) groups excluding carboxylic acids is 1. The Balaban J connectivity index is -0.000000169. The van der Waals surface area contributed by atoms with Gasteiger partial charge >= 0.3 is 0 Å². The monoisotopic (exact) mass is 528 g/mol. The Kier molecular flexibility index (Phi) is 39.2. The van der Waals surface area contributed by atoms with E-state index in [9.17, 15) is 13.2 Å². The molecule has 1 heterocycles. The minimum Gasteiger partial charge on any atom is -0.359 e. The minimum absolute atomic E-state index is 0.00463. The van der Waals surface area contributed by atoms with Crippen molar-refractivity contribution in [1.82, 2.24) is 19.8 Å². The standard InChI is InChI=1S/C9H20S.C6H13N.C5H13N.C3H7NO.C2H7NO2S/c1-3-4-5-6-7-8-9-10-2;1-7-5-3-2-4-6-7;1-4-6(3)5-2;1-3(5)4-2;1-3-6(2,4)5/h3-9H2,1-2H3;2-6H2,1H3;4-5H2,1-3H3;1-2H3,(H,4,5);3H,1-2H3. The Hall–Kier alpha value is -0.350. The van der Waals surface area contributed by atoms with E-state index in [4.69, 9.17) is 0 Å². The van der Waals surface area contributed by atoms with Gasteiger partial charge in [-0.3, -0.25) is 4.79 Å². The molecule has 210 valence electrons. The molecule has 1 fully saturated rings. The molecule has 7 nitrogen and oxygen atoms in total. The van der Waals surface area contributed by atoms with Crippen LogP contribution in [0.3, 0.4) is 0 Å². The Morgan fingerprint density at radius 3 is 1.59 bits per heavy atom. The first-order valence-corrected chi connectivity index (χ1v) is 16.2. The van der Waals surface area contributed by atoms with Gasteiger partial charge in [0.25, 0.3) is 0 Å². The van der Waals surface area contributed by atoms with E-state index in [2.05, 4.69) is 61.0 Å². The molecule has 1 amide bonds. The first kappa shape index (κ1) is 40.8. The van der Waals surface area contributed by atoms with E-state index in [1.807, 2.05) is 11.8 Å². The average Bonchev–Trinajstić information content (AvgIpc) is 2.82. The zero-order valence-corrected chi connectivity index (χ0v) is 26.0. The van der Waals surface area contributed by atoms with Gasteiger partial charge in [-0.15, -0.1) is 0 Å². The van der Waals surface area contributed by atoms with E-state index in [0.717, 1.165) is 19.3 Å². The highest BCUT2D eigenvalue weighted by molar-refractivity contribution is 7.98. The van der Waals surface area contributed by atoms with Gasteiger partial charge in [0.1, 0.15) is 0 Å². The first-order chi connectivity index (χ1) is 15.9. The number of amides is 1. The molecule has 1 aliphatic rings. The Morgan fingerprint density at radius 2 is 1.35 bits per heavy atom. The molecule has 1 aliphatic heterocycles. The lowest BCUT2D eigenvalue weighted by molar-refractivity contribution is -0.118. The Morgan fingerprint density at radius 1 is 0.941 bits per heavy atom. The van der Waals surface area contributed by atoms with Gasteiger partial charge in [0.2, 0.25) is 15.9 Å². The van der Waals surface area contributed by atoms with E-state index < -0.39 is 10.0 Å². The van der Waals surface area contributed by atoms with Gasteiger partial charge in [0, 0.05) is 14.0 Å². The third-order valence-electron chi connectivity index (χ3n) is 5.08. The van der Waals surface area contributed by atoms with Crippen LogP contribution < -0.4 is 10.0 Å². The Bertz CT molecular complexity index is 475. The molecule has 0 atom stereocenters. The van der Waals surface area contributed by atoms with Crippen LogP contribution in [0.5, 0.6) is 0 Å². The number of hydrogen-bond acceptors (Lipinski definition) is 6. The molecule has 0 unspecified atom stereocenters. The zero-order valence-electron chi connectivity index (χ0n) is 24.3. The van der Waals surface area contributed by atoms with E-state index in [1.54, 1.807) is 7.05 Å². The lowest BCUT2D eigenvalue weighted by atomic mass is 10.1. The highest BCUT2D eigenvalue weighted by Gasteiger charge is 2.02. The topological polar surface area (TPSA) is 81.8 Å². The van der Waals surface area contributed by atoms with Crippen molar-refractivity contribution in [3.8, 4) is 0 Å². The Labute approximate surface area is 218 Å². The predicted molar refractivity (Wildman–Crippen MR) is 156 cm³/mol. The SMILES string of the molecule is CCCCCCCCSC.CCN(C)CC.CN1CCCCC1.CNC(C)=O.CNS(C)(=O)=O. The summed E-state index contributed by atoms with van der Waals surface area (Å²) >= 11 is 1.97. The van der Waals surface area contributed by atoms with Crippen LogP contribution in [0.15, 0.2) is 0 Å². The number of thioether (sulfide) groups is 1. The zero-order chi connectivity index (χ0) is 27.3. The molecule has 9 heteroatoms. The lowest BCUT2D eigenvalue weighted by Crippen LogP contribution is -2.24. The molecule has 0 spiro atoms. The van der Waals surface area contributed by atoms with Crippen molar-refractivity contribution in [2.24, 2.45) is 0 Å². The smallest absolute Gasteiger partial charge is 0.216 e. The minimum atomic E-state index is -2.91. The molecule has 0 aliphatic carbocycles. The molecule has 0 saturated carbocycles. The number of hydrogen-bond donors (Lipinski definition) is 2. The first-order valence-electron chi connectivity index (χ1n) is 12.9. The van der Waals surface area contributed by atoms with Crippen LogP contribution in [-0.2, 0) is 14.8 Å². The summed E-state index contributed by atoms with van der Waals surface area (Å²) in [6.45, 7) is 13.0. The summed E-state index contributed by atoms with van der Waals surface area (Å²) in [4.78, 5) is 14.3. The molecule has 34 heavy (non-hydrogen) atoms. The van der Waals surface area contributed by atoms with Gasteiger partial charge in [-0.25, -0.2) is 13.1 Å². The molecular weight excluding hydrogens is 468 g/mol. The fraction of sp³-hybridized carbons (Fsp3) is 0.960. The van der Waals surface area contributed by atoms with Crippen molar-refractivity contribution < 1.29 is 13.2 Å². The van der Waals surface area contributed by atoms with E-state index in [1.165, 1.54) is 90.6 Å². The quantitative estimate of drug-likeness (QED) is 0.401. The van der Waals surface area contributed by atoms with Gasteiger partial charge < -0.3 is 15.1 Å². The van der Waals surface area contributed by atoms with Crippen LogP contribution in [0.4, 0.5) is 0 Å². The number of carbonyl (C=O) groups is 1. The number of unbranched alkanes of at least 4 members (excludes halogenated alkanes) is 5. The maximum absolute atomic E-state index is 9.89. The lowest BCUT2D eigenvalue weighted by Gasteiger charge is -2.20. The van der Waals surface area contributed by atoms with Gasteiger partial charge in [-0.1, -0.05) is 59.3 Å². The highest BCUT2D eigenvalue weighted by Crippen LogP contribution is 2.07.